The third kappa shape index (κ3) is 5.56. The van der Waals surface area contributed by atoms with E-state index in [2.05, 4.69) is 30.9 Å². The van der Waals surface area contributed by atoms with Gasteiger partial charge in [0.1, 0.15) is 5.78 Å². The van der Waals surface area contributed by atoms with Gasteiger partial charge in [0.15, 0.2) is 5.82 Å². The Morgan fingerprint density at radius 2 is 1.61 bits per heavy atom. The van der Waals surface area contributed by atoms with Crippen LogP contribution >= 0.6 is 7.60 Å². The molecule has 0 aliphatic heterocycles. The van der Waals surface area contributed by atoms with Crippen molar-refractivity contribution in [2.24, 2.45) is 0 Å². The van der Waals surface area contributed by atoms with Crippen molar-refractivity contribution in [3.8, 4) is 11.1 Å². The monoisotopic (exact) mass is 500 g/mol. The number of nitrogens with one attached hydrogen (secondary N) is 2. The van der Waals surface area contributed by atoms with Gasteiger partial charge in [-0.25, -0.2) is 0 Å². The quantitative estimate of drug-likeness (QED) is 0.223. The van der Waals surface area contributed by atoms with Crippen molar-refractivity contribution < 1.29 is 14.4 Å². The van der Waals surface area contributed by atoms with E-state index in [-0.39, 0.29) is 6.42 Å². The first-order valence-electron chi connectivity index (χ1n) is 11.5. The summed E-state index contributed by atoms with van der Waals surface area (Å²) in [5.41, 5.74) is 4.62. The Bertz CT molecular complexity index is 1470. The lowest BCUT2D eigenvalue weighted by atomic mass is 10.00. The van der Waals surface area contributed by atoms with Gasteiger partial charge < -0.3 is 9.79 Å². The molecule has 0 aliphatic carbocycles. The first kappa shape index (κ1) is 24.0. The summed E-state index contributed by atoms with van der Waals surface area (Å²) in [6, 6.07) is 26.9. The van der Waals surface area contributed by atoms with Crippen LogP contribution in [-0.2, 0) is 17.4 Å². The van der Waals surface area contributed by atoms with Gasteiger partial charge in [0.25, 0.3) is 0 Å². The lowest BCUT2D eigenvalue weighted by Crippen LogP contribution is -2.36. The number of pyridine rings is 1. The second-order valence-corrected chi connectivity index (χ2v) is 10.4. The topological polar surface area (TPSA) is 137 Å². The zero-order valence-corrected chi connectivity index (χ0v) is 20.2. The minimum absolute atomic E-state index is 0.0833. The van der Waals surface area contributed by atoms with Crippen LogP contribution in [0.25, 0.3) is 22.0 Å². The predicted molar refractivity (Wildman–Crippen MR) is 137 cm³/mol. The van der Waals surface area contributed by atoms with Crippen molar-refractivity contribution in [2.75, 3.05) is 0 Å². The molecule has 5 aromatic rings. The van der Waals surface area contributed by atoms with Crippen molar-refractivity contribution in [2.45, 2.75) is 24.7 Å². The van der Waals surface area contributed by atoms with Crippen LogP contribution < -0.4 is 5.32 Å². The summed E-state index contributed by atoms with van der Waals surface area (Å²) in [4.78, 5) is 24.9. The Morgan fingerprint density at radius 1 is 0.861 bits per heavy atom. The number of fused-ring (bicyclic) bond motifs is 1. The van der Waals surface area contributed by atoms with E-state index in [9.17, 15) is 14.4 Å². The number of hydrogen-bond acceptors (Lipinski definition) is 6. The highest BCUT2D eigenvalue weighted by molar-refractivity contribution is 7.52. The molecule has 0 spiro atoms. The zero-order chi connectivity index (χ0) is 25.0. The number of para-hydroxylation sites is 1. The molecule has 0 aliphatic rings. The Kier molecular flexibility index (Phi) is 6.97. The van der Waals surface area contributed by atoms with E-state index in [1.807, 2.05) is 84.9 Å². The lowest BCUT2D eigenvalue weighted by molar-refractivity contribution is 0.333. The Hall–Kier alpha value is -3.75. The molecule has 2 heterocycles. The fraction of sp³-hybridized carbons (Fsp3) is 0.154. The number of nitrogens with zero attached hydrogens (tertiary/aromatic N) is 4. The standard InChI is InChI=1S/C26H25N6O3P/c33-36(34,35)24(17-22-9-4-8-21-10-5-15-27-25(21)22)28-23(26-29-31-32-30-26)16-18-11-13-20(14-12-18)19-6-2-1-3-7-19/h1-15,23-24,28H,16-17H2,(H2,33,34,35)(H,29,30,31,32)/t23-,24?/m1/s1. The first-order chi connectivity index (χ1) is 17.5. The Morgan fingerprint density at radius 3 is 2.33 bits per heavy atom. The van der Waals surface area contributed by atoms with Crippen LogP contribution in [0.15, 0.2) is 91.1 Å². The van der Waals surface area contributed by atoms with E-state index in [0.29, 0.717) is 17.8 Å². The first-order valence-corrected chi connectivity index (χ1v) is 13.2. The van der Waals surface area contributed by atoms with Crippen molar-refractivity contribution in [1.29, 1.82) is 0 Å². The molecule has 0 amide bonds. The summed E-state index contributed by atoms with van der Waals surface area (Å²) < 4.78 is 12.6. The van der Waals surface area contributed by atoms with E-state index in [1.54, 1.807) is 6.20 Å². The van der Waals surface area contributed by atoms with E-state index in [0.717, 1.165) is 27.6 Å². The molecule has 36 heavy (non-hydrogen) atoms. The molecule has 5 rings (SSSR count). The molecule has 3 aromatic carbocycles. The number of H-pyrrole nitrogens is 1. The van der Waals surface area contributed by atoms with Crippen LogP contribution in [0, 0.1) is 0 Å². The van der Waals surface area contributed by atoms with E-state index in [4.69, 9.17) is 0 Å². The van der Waals surface area contributed by atoms with Gasteiger partial charge in [0, 0.05) is 18.0 Å². The summed E-state index contributed by atoms with van der Waals surface area (Å²) in [7, 11) is -4.55. The van der Waals surface area contributed by atoms with Gasteiger partial charge in [-0.15, -0.1) is 10.2 Å². The number of hydrogen-bond donors (Lipinski definition) is 4. The number of benzene rings is 3. The molecule has 0 bridgehead atoms. The highest BCUT2D eigenvalue weighted by Gasteiger charge is 2.33. The molecule has 0 saturated heterocycles. The van der Waals surface area contributed by atoms with E-state index in [1.165, 1.54) is 0 Å². The number of aromatic nitrogens is 5. The third-order valence-electron chi connectivity index (χ3n) is 6.10. The number of rotatable bonds is 9. The highest BCUT2D eigenvalue weighted by atomic mass is 31.2. The second kappa shape index (κ2) is 10.5. The summed E-state index contributed by atoms with van der Waals surface area (Å²) in [5, 5.41) is 18.3. The van der Waals surface area contributed by atoms with Gasteiger partial charge >= 0.3 is 7.60 Å². The molecule has 2 atom stereocenters. The van der Waals surface area contributed by atoms with Crippen LogP contribution in [0.2, 0.25) is 0 Å². The van der Waals surface area contributed by atoms with Gasteiger partial charge in [-0.3, -0.25) is 14.9 Å². The van der Waals surface area contributed by atoms with Gasteiger partial charge in [0.2, 0.25) is 0 Å². The fourth-order valence-corrected chi connectivity index (χ4v) is 5.10. The molecule has 4 N–H and O–H groups in total. The lowest BCUT2D eigenvalue weighted by Gasteiger charge is -2.25. The minimum Gasteiger partial charge on any atom is -0.323 e. The second-order valence-electron chi connectivity index (χ2n) is 8.56. The van der Waals surface area contributed by atoms with E-state index < -0.39 is 19.4 Å². The number of aromatic amines is 1. The molecule has 9 nitrogen and oxygen atoms in total. The summed E-state index contributed by atoms with van der Waals surface area (Å²) in [5.74, 6) is -0.839. The SMILES string of the molecule is O=P(O)(O)C(Cc1cccc2cccnc12)N[C@H](Cc1ccc(-c2ccccc2)cc1)c1nn[nH]n1. The van der Waals surface area contributed by atoms with Crippen LogP contribution in [0.3, 0.4) is 0 Å². The van der Waals surface area contributed by atoms with Crippen molar-refractivity contribution >= 4 is 18.5 Å². The minimum atomic E-state index is -4.55. The Balaban J connectivity index is 1.41. The summed E-state index contributed by atoms with van der Waals surface area (Å²) in [6.45, 7) is 0. The molecular weight excluding hydrogens is 475 g/mol. The largest absolute Gasteiger partial charge is 0.342 e. The average Bonchev–Trinajstić information content (AvgIpc) is 3.43. The summed E-state index contributed by atoms with van der Waals surface area (Å²) in [6.07, 6.45) is 2.17. The van der Waals surface area contributed by atoms with Crippen LogP contribution in [0.4, 0.5) is 0 Å². The average molecular weight is 500 g/mol. The van der Waals surface area contributed by atoms with Gasteiger partial charge in [-0.2, -0.15) is 5.21 Å². The van der Waals surface area contributed by atoms with Gasteiger partial charge in [0.05, 0.1) is 11.6 Å². The molecule has 0 fully saturated rings. The van der Waals surface area contributed by atoms with Crippen LogP contribution in [-0.4, -0.2) is 41.2 Å². The normalized spacial score (nSPS) is 13.5. The van der Waals surface area contributed by atoms with Gasteiger partial charge in [-0.1, -0.05) is 84.1 Å². The number of tetrazole rings is 1. The van der Waals surface area contributed by atoms with Crippen molar-refractivity contribution in [1.82, 2.24) is 30.9 Å². The Labute approximate surface area is 207 Å². The van der Waals surface area contributed by atoms with Crippen LogP contribution in [0.5, 0.6) is 0 Å². The maximum Gasteiger partial charge on any atom is 0.342 e. The van der Waals surface area contributed by atoms with Crippen molar-refractivity contribution in [3.63, 3.8) is 0 Å². The molecule has 10 heteroatoms. The highest BCUT2D eigenvalue weighted by Crippen LogP contribution is 2.43. The molecular formula is C26H25N6O3P. The molecule has 2 aromatic heterocycles. The zero-order valence-electron chi connectivity index (χ0n) is 19.3. The van der Waals surface area contributed by atoms with Crippen LogP contribution in [0.1, 0.15) is 23.0 Å². The smallest absolute Gasteiger partial charge is 0.323 e. The molecule has 0 radical (unpaired) electrons. The molecule has 182 valence electrons. The van der Waals surface area contributed by atoms with E-state index >= 15 is 0 Å². The summed E-state index contributed by atoms with van der Waals surface area (Å²) >= 11 is 0. The maximum absolute atomic E-state index is 12.6. The van der Waals surface area contributed by atoms with Crippen molar-refractivity contribution in [3.05, 3.63) is 108 Å². The third-order valence-corrected chi connectivity index (χ3v) is 7.25. The van der Waals surface area contributed by atoms with Gasteiger partial charge in [-0.05, 0) is 34.7 Å². The molecule has 0 saturated carbocycles. The maximum atomic E-state index is 12.6. The predicted octanol–water partition coefficient (Wildman–Crippen LogP) is 4.03. The fourth-order valence-electron chi connectivity index (χ4n) is 4.29. The molecule has 1 unspecified atom stereocenters.